The Morgan fingerprint density at radius 2 is 0.500 bits per heavy atom. The number of hydrogen-bond acceptors (Lipinski definition) is 0. The Kier molecular flexibility index (Phi) is 3280. The van der Waals surface area contributed by atoms with E-state index in [-0.39, 0.29) is 39.5 Å². The van der Waals surface area contributed by atoms with Gasteiger partial charge in [-0.05, 0) is 0 Å². The van der Waals surface area contributed by atoms with Gasteiger partial charge in [0.1, 0.15) is 0 Å². The van der Waals surface area contributed by atoms with Crippen molar-refractivity contribution in [3.8, 4) is 0 Å². The van der Waals surface area contributed by atoms with Gasteiger partial charge in [0.2, 0.25) is 0 Å². The summed E-state index contributed by atoms with van der Waals surface area (Å²) in [6, 6.07) is 0. The van der Waals surface area contributed by atoms with Crippen molar-refractivity contribution in [1.82, 2.24) is 0 Å². The van der Waals surface area contributed by atoms with Gasteiger partial charge in [0.25, 0.3) is 0 Å². The fraction of sp³-hybridized carbons (Fsp3) is 0. The molecule has 0 atom stereocenters. The first-order valence-electron chi connectivity index (χ1n) is 0. The van der Waals surface area contributed by atoms with E-state index in [1.807, 2.05) is 0 Å². The molecule has 0 fully saturated rings. The van der Waals surface area contributed by atoms with Crippen LogP contribution in [0.5, 0.6) is 0 Å². The molecule has 0 rings (SSSR count). The van der Waals surface area contributed by atoms with E-state index in [1.54, 1.807) is 0 Å². The second-order valence-electron chi connectivity index (χ2n) is 0. The minimum Gasteiger partial charge on any atom is -0.693 e. The van der Waals surface area contributed by atoms with Crippen molar-refractivity contribution in [3.05, 3.63) is 18.5 Å². The van der Waals surface area contributed by atoms with Crippen LogP contribution in [-0.4, -0.2) is 0 Å². The molecule has 0 aliphatic rings. The van der Waals surface area contributed by atoms with E-state index in [1.165, 1.54) is 0 Å². The Hall–Kier alpha value is 0.568. The Labute approximate surface area is 40.2 Å². The molecule has 34 valence electrons. The Morgan fingerprint density at radius 1 is 0.500 bits per heavy atom. The van der Waals surface area contributed by atoms with Gasteiger partial charge in [-0.25, -0.2) is 0 Å². The Bertz CT molecular complexity index is 3.25. The van der Waals surface area contributed by atoms with Crippen molar-refractivity contribution >= 4 is 0 Å². The van der Waals surface area contributed by atoms with E-state index in [9.17, 15) is 0 Å². The summed E-state index contributed by atoms with van der Waals surface area (Å²) in [6.07, 6.45) is 0. The molecule has 0 amide bonds. The van der Waals surface area contributed by atoms with Gasteiger partial charge < -0.3 is 18.5 Å². The molecule has 0 aromatic heterocycles. The van der Waals surface area contributed by atoms with Crippen LogP contribution in [0.1, 0.15) is 0 Å². The minimum absolute atomic E-state index is 0. The maximum absolute atomic E-state index is 0. The molecule has 0 saturated heterocycles. The molecule has 0 spiro atoms. The molecule has 0 unspecified atom stereocenters. The second kappa shape index (κ2) is 72.9. The van der Waals surface area contributed by atoms with E-state index < -0.39 is 0 Å². The standard InChI is InChI=1S/3H2N.Pt/h3*1H2;/q3*-1;. The average Bonchev–Trinajstić information content (AvgIpc) is 0. The summed E-state index contributed by atoms with van der Waals surface area (Å²) < 4.78 is 0. The molecule has 4 heteroatoms. The predicted molar refractivity (Wildman–Crippen MR) is 15.9 cm³/mol. The molecule has 0 aliphatic heterocycles. The van der Waals surface area contributed by atoms with Crippen molar-refractivity contribution in [2.24, 2.45) is 0 Å². The molecule has 6 N–H and O–H groups in total. The molecule has 0 bridgehead atoms. The predicted octanol–water partition coefficient (Wildman–Crippen LogP) is 2.15. The van der Waals surface area contributed by atoms with Gasteiger partial charge in [-0.3, -0.25) is 0 Å². The average molecular weight is 243 g/mol. The van der Waals surface area contributed by atoms with Crippen LogP contribution < -0.4 is 0 Å². The summed E-state index contributed by atoms with van der Waals surface area (Å²) in [5.41, 5.74) is 0. The SMILES string of the molecule is [NH2-].[NH2-].[NH2-].[Pt]. The van der Waals surface area contributed by atoms with Gasteiger partial charge in [0.05, 0.1) is 0 Å². The third-order valence-electron chi connectivity index (χ3n) is 0. The van der Waals surface area contributed by atoms with Crippen molar-refractivity contribution in [2.75, 3.05) is 0 Å². The normalized spacial score (nSPS) is 0. The number of rotatable bonds is 0. The third kappa shape index (κ3) is 19.6. The van der Waals surface area contributed by atoms with Crippen LogP contribution in [-0.2, 0) is 21.1 Å². The van der Waals surface area contributed by atoms with Gasteiger partial charge in [-0.2, -0.15) is 0 Å². The van der Waals surface area contributed by atoms with Gasteiger partial charge >= 0.3 is 0 Å². The second-order valence-corrected chi connectivity index (χ2v) is 0. The summed E-state index contributed by atoms with van der Waals surface area (Å²) in [6.45, 7) is 0. The first-order valence-corrected chi connectivity index (χ1v) is 0. The number of nitrogens with two attached hydrogens (primary N) is 3. The van der Waals surface area contributed by atoms with Gasteiger partial charge in [-0.1, -0.05) is 0 Å². The topological polar surface area (TPSA) is 100 Å². The van der Waals surface area contributed by atoms with E-state index in [0.717, 1.165) is 0 Å². The van der Waals surface area contributed by atoms with Gasteiger partial charge in [-0.15, -0.1) is 0 Å². The van der Waals surface area contributed by atoms with Crippen molar-refractivity contribution in [1.29, 1.82) is 0 Å². The van der Waals surface area contributed by atoms with Gasteiger partial charge in [0.15, 0.2) is 0 Å². The molecular formula is H6N3Pt-3. The molecule has 4 heavy (non-hydrogen) atoms. The zero-order chi connectivity index (χ0) is 0. The summed E-state index contributed by atoms with van der Waals surface area (Å²) in [7, 11) is 0. The third-order valence-corrected chi connectivity index (χ3v) is 0. The van der Waals surface area contributed by atoms with Crippen LogP contribution in [0.3, 0.4) is 0 Å². The van der Waals surface area contributed by atoms with E-state index in [2.05, 4.69) is 0 Å². The molecule has 3 nitrogen and oxygen atoms in total. The van der Waals surface area contributed by atoms with Crippen molar-refractivity contribution < 1.29 is 21.1 Å². The van der Waals surface area contributed by atoms with Crippen LogP contribution >= 0.6 is 0 Å². The van der Waals surface area contributed by atoms with E-state index >= 15 is 0 Å². The fourth-order valence-electron chi connectivity index (χ4n) is 0. The maximum Gasteiger partial charge on any atom is 0 e. The summed E-state index contributed by atoms with van der Waals surface area (Å²) in [4.78, 5) is 0. The zero-order valence-electron chi connectivity index (χ0n) is 2.05. The van der Waals surface area contributed by atoms with Crippen LogP contribution in [0.15, 0.2) is 0 Å². The molecule has 0 aromatic rings. The van der Waals surface area contributed by atoms with Crippen molar-refractivity contribution in [3.63, 3.8) is 0 Å². The molecule has 0 heterocycles. The molecule has 0 aromatic carbocycles. The first kappa shape index (κ1) is 180. The summed E-state index contributed by atoms with van der Waals surface area (Å²) in [5, 5.41) is 0. The molecular weight excluding hydrogens is 237 g/mol. The summed E-state index contributed by atoms with van der Waals surface area (Å²) >= 11 is 0. The smallest absolute Gasteiger partial charge is 0 e. The van der Waals surface area contributed by atoms with Crippen molar-refractivity contribution in [2.45, 2.75) is 0 Å². The monoisotopic (exact) mass is 243 g/mol. The fourth-order valence-corrected chi connectivity index (χ4v) is 0. The largest absolute Gasteiger partial charge is 0.693 e. The van der Waals surface area contributed by atoms with E-state index in [4.69, 9.17) is 0 Å². The van der Waals surface area contributed by atoms with Crippen LogP contribution in [0.25, 0.3) is 18.5 Å². The molecule has 0 aliphatic carbocycles. The summed E-state index contributed by atoms with van der Waals surface area (Å²) in [5.74, 6) is 0. The van der Waals surface area contributed by atoms with Crippen LogP contribution in [0, 0.1) is 0 Å². The Morgan fingerprint density at radius 3 is 0.500 bits per heavy atom. The first-order chi connectivity index (χ1) is 0. The van der Waals surface area contributed by atoms with Gasteiger partial charge in [0, 0.05) is 21.1 Å². The molecule has 0 saturated carbocycles. The zero-order valence-corrected chi connectivity index (χ0v) is 4.32. The van der Waals surface area contributed by atoms with E-state index in [0.29, 0.717) is 0 Å². The minimum atomic E-state index is 0. The molecule has 0 radical (unpaired) electrons. The number of hydrogen-bond donors (Lipinski definition) is 0. The maximum atomic E-state index is 0. The van der Waals surface area contributed by atoms with Crippen LogP contribution in [0.4, 0.5) is 0 Å². The van der Waals surface area contributed by atoms with Crippen LogP contribution in [0.2, 0.25) is 0 Å². The Balaban J connectivity index is 0. The quantitative estimate of drug-likeness (QED) is 0.622.